The molecular weight excluding hydrogens is 388 g/mol. The van der Waals surface area contributed by atoms with Crippen molar-refractivity contribution in [3.05, 3.63) is 64.8 Å². The SMILES string of the molecule is Cc1c(S(=O)(=O)NCCc2c[nH]c3ccccc23)sc2ccc(Cl)cc12. The van der Waals surface area contributed by atoms with Gasteiger partial charge in [0.1, 0.15) is 4.21 Å². The third-order valence-corrected chi connectivity index (χ3v) is 8.05. The van der Waals surface area contributed by atoms with Crippen molar-refractivity contribution in [2.45, 2.75) is 17.6 Å². The number of aromatic amines is 1. The number of hydrogen-bond donors (Lipinski definition) is 2. The first kappa shape index (κ1) is 17.5. The predicted octanol–water partition coefficient (Wildman–Crippen LogP) is 4.87. The minimum Gasteiger partial charge on any atom is -0.361 e. The van der Waals surface area contributed by atoms with Gasteiger partial charge in [-0.25, -0.2) is 13.1 Å². The molecule has 0 unspecified atom stereocenters. The molecule has 7 heteroatoms. The number of hydrogen-bond acceptors (Lipinski definition) is 3. The van der Waals surface area contributed by atoms with Crippen LogP contribution >= 0.6 is 22.9 Å². The summed E-state index contributed by atoms with van der Waals surface area (Å²) in [7, 11) is -3.56. The molecule has 0 aliphatic carbocycles. The summed E-state index contributed by atoms with van der Waals surface area (Å²) in [6.07, 6.45) is 2.56. The van der Waals surface area contributed by atoms with E-state index in [2.05, 4.69) is 9.71 Å². The van der Waals surface area contributed by atoms with Crippen molar-refractivity contribution in [3.63, 3.8) is 0 Å². The molecular formula is C19H17ClN2O2S2. The summed E-state index contributed by atoms with van der Waals surface area (Å²) in [5, 5.41) is 2.62. The fourth-order valence-corrected chi connectivity index (χ4v) is 6.14. The lowest BCUT2D eigenvalue weighted by Gasteiger charge is -2.06. The zero-order valence-corrected chi connectivity index (χ0v) is 16.4. The van der Waals surface area contributed by atoms with Crippen LogP contribution in [0.3, 0.4) is 0 Å². The van der Waals surface area contributed by atoms with E-state index in [4.69, 9.17) is 11.6 Å². The van der Waals surface area contributed by atoms with E-state index in [0.717, 1.165) is 32.1 Å². The van der Waals surface area contributed by atoms with Gasteiger partial charge in [-0.3, -0.25) is 0 Å². The van der Waals surface area contributed by atoms with Crippen LogP contribution in [0.2, 0.25) is 5.02 Å². The number of para-hydroxylation sites is 1. The molecule has 0 bridgehead atoms. The molecule has 0 aliphatic rings. The number of thiophene rings is 1. The van der Waals surface area contributed by atoms with Crippen molar-refractivity contribution in [2.75, 3.05) is 6.54 Å². The summed E-state index contributed by atoms with van der Waals surface area (Å²) < 4.78 is 29.5. The molecule has 134 valence electrons. The highest BCUT2D eigenvalue weighted by molar-refractivity contribution is 7.91. The van der Waals surface area contributed by atoms with Gasteiger partial charge >= 0.3 is 0 Å². The van der Waals surface area contributed by atoms with E-state index in [1.165, 1.54) is 11.3 Å². The van der Waals surface area contributed by atoms with Crippen molar-refractivity contribution in [2.24, 2.45) is 0 Å². The number of fused-ring (bicyclic) bond motifs is 2. The zero-order chi connectivity index (χ0) is 18.3. The minimum absolute atomic E-state index is 0.346. The number of benzene rings is 2. The molecule has 0 aliphatic heterocycles. The first-order valence-corrected chi connectivity index (χ1v) is 10.9. The average molecular weight is 405 g/mol. The molecule has 4 aromatic rings. The quantitative estimate of drug-likeness (QED) is 0.498. The normalized spacial score (nSPS) is 12.2. The van der Waals surface area contributed by atoms with Gasteiger partial charge in [-0.15, -0.1) is 11.3 Å². The van der Waals surface area contributed by atoms with E-state index in [1.54, 1.807) is 6.07 Å². The molecule has 4 rings (SSSR count). The maximum atomic E-state index is 12.8. The van der Waals surface area contributed by atoms with Crippen LogP contribution in [0.25, 0.3) is 21.0 Å². The predicted molar refractivity (Wildman–Crippen MR) is 109 cm³/mol. The Morgan fingerprint density at radius 2 is 1.96 bits per heavy atom. The summed E-state index contributed by atoms with van der Waals surface area (Å²) >= 11 is 7.31. The van der Waals surface area contributed by atoms with Gasteiger partial charge < -0.3 is 4.98 Å². The van der Waals surface area contributed by atoms with Crippen molar-refractivity contribution in [3.8, 4) is 0 Å². The molecule has 0 atom stereocenters. The topological polar surface area (TPSA) is 62.0 Å². The largest absolute Gasteiger partial charge is 0.361 e. The van der Waals surface area contributed by atoms with Crippen LogP contribution < -0.4 is 4.72 Å². The van der Waals surface area contributed by atoms with Crippen molar-refractivity contribution in [1.82, 2.24) is 9.71 Å². The second kappa shape index (κ2) is 6.70. The van der Waals surface area contributed by atoms with Crippen LogP contribution in [0.5, 0.6) is 0 Å². The zero-order valence-electron chi connectivity index (χ0n) is 14.0. The highest BCUT2D eigenvalue weighted by Crippen LogP contribution is 2.35. The average Bonchev–Trinajstić information content (AvgIpc) is 3.17. The summed E-state index contributed by atoms with van der Waals surface area (Å²) in [5.41, 5.74) is 2.90. The van der Waals surface area contributed by atoms with Gasteiger partial charge in [0.2, 0.25) is 10.0 Å². The first-order valence-electron chi connectivity index (χ1n) is 8.19. The number of nitrogens with one attached hydrogen (secondary N) is 2. The molecule has 2 heterocycles. The number of aryl methyl sites for hydroxylation is 1. The van der Waals surface area contributed by atoms with E-state index < -0.39 is 10.0 Å². The van der Waals surface area contributed by atoms with Gasteiger partial charge in [0.15, 0.2) is 0 Å². The van der Waals surface area contributed by atoms with Crippen LogP contribution in [0, 0.1) is 6.92 Å². The molecule has 26 heavy (non-hydrogen) atoms. The summed E-state index contributed by atoms with van der Waals surface area (Å²) in [4.78, 5) is 3.21. The number of rotatable bonds is 5. The Bertz CT molecular complexity index is 1210. The summed E-state index contributed by atoms with van der Waals surface area (Å²) in [6, 6.07) is 13.5. The summed E-state index contributed by atoms with van der Waals surface area (Å²) in [6.45, 7) is 2.17. The molecule has 2 aromatic heterocycles. The Labute approximate surface area is 160 Å². The van der Waals surface area contributed by atoms with Crippen LogP contribution in [-0.4, -0.2) is 19.9 Å². The molecule has 4 nitrogen and oxygen atoms in total. The number of H-pyrrole nitrogens is 1. The van der Waals surface area contributed by atoms with Gasteiger partial charge in [0.25, 0.3) is 0 Å². The third-order valence-electron chi connectivity index (χ3n) is 4.46. The molecule has 2 N–H and O–H groups in total. The molecule has 0 spiro atoms. The van der Waals surface area contributed by atoms with Gasteiger partial charge in [-0.05, 0) is 54.1 Å². The Kier molecular flexibility index (Phi) is 4.52. The molecule has 0 saturated heterocycles. The number of sulfonamides is 1. The lowest BCUT2D eigenvalue weighted by Crippen LogP contribution is -2.25. The molecule has 2 aromatic carbocycles. The van der Waals surface area contributed by atoms with E-state index in [-0.39, 0.29) is 0 Å². The van der Waals surface area contributed by atoms with Gasteiger partial charge in [-0.1, -0.05) is 29.8 Å². The molecule has 0 fully saturated rings. The second-order valence-corrected chi connectivity index (χ2v) is 9.61. The van der Waals surface area contributed by atoms with Crippen molar-refractivity contribution in [1.29, 1.82) is 0 Å². The fraction of sp³-hybridized carbons (Fsp3) is 0.158. The highest BCUT2D eigenvalue weighted by atomic mass is 35.5. The second-order valence-electron chi connectivity index (χ2n) is 6.16. The highest BCUT2D eigenvalue weighted by Gasteiger charge is 2.21. The maximum Gasteiger partial charge on any atom is 0.250 e. The van der Waals surface area contributed by atoms with Crippen LogP contribution in [0.15, 0.2) is 52.9 Å². The van der Waals surface area contributed by atoms with E-state index in [9.17, 15) is 8.42 Å². The Morgan fingerprint density at radius 1 is 1.15 bits per heavy atom. The number of halogens is 1. The van der Waals surface area contributed by atoms with Crippen LogP contribution in [0.1, 0.15) is 11.1 Å². The molecule has 0 radical (unpaired) electrons. The smallest absolute Gasteiger partial charge is 0.250 e. The monoisotopic (exact) mass is 404 g/mol. The lowest BCUT2D eigenvalue weighted by molar-refractivity contribution is 0.583. The van der Waals surface area contributed by atoms with E-state index >= 15 is 0 Å². The van der Waals surface area contributed by atoms with Crippen molar-refractivity contribution < 1.29 is 8.42 Å². The summed E-state index contributed by atoms with van der Waals surface area (Å²) in [5.74, 6) is 0. The van der Waals surface area contributed by atoms with E-state index in [1.807, 2.05) is 49.5 Å². The van der Waals surface area contributed by atoms with Gasteiger partial charge in [-0.2, -0.15) is 0 Å². The van der Waals surface area contributed by atoms with Crippen LogP contribution in [0.4, 0.5) is 0 Å². The standard InChI is InChI=1S/C19H17ClN2O2S2/c1-12-16-10-14(20)6-7-18(16)25-19(12)26(23,24)22-9-8-13-11-21-17-5-3-2-4-15(13)17/h2-7,10-11,21-22H,8-9H2,1H3. The van der Waals surface area contributed by atoms with Crippen molar-refractivity contribution >= 4 is 54.0 Å². The lowest BCUT2D eigenvalue weighted by atomic mass is 10.1. The fourth-order valence-electron chi connectivity index (χ4n) is 3.15. The van der Waals surface area contributed by atoms with Gasteiger partial charge in [0.05, 0.1) is 0 Å². The minimum atomic E-state index is -3.56. The molecule has 0 amide bonds. The Morgan fingerprint density at radius 3 is 2.81 bits per heavy atom. The maximum absolute atomic E-state index is 12.8. The third kappa shape index (κ3) is 3.14. The molecule has 0 saturated carbocycles. The van der Waals surface area contributed by atoms with E-state index in [0.29, 0.717) is 22.2 Å². The first-order chi connectivity index (χ1) is 12.5. The van der Waals surface area contributed by atoms with Gasteiger partial charge in [0, 0.05) is 33.4 Å². The Balaban J connectivity index is 1.55. The Hall–Kier alpha value is -1.86. The van der Waals surface area contributed by atoms with Crippen LogP contribution in [-0.2, 0) is 16.4 Å². The number of aromatic nitrogens is 1.